The summed E-state index contributed by atoms with van der Waals surface area (Å²) in [6, 6.07) is 20.0. The van der Waals surface area contributed by atoms with Crippen molar-refractivity contribution >= 4 is 17.9 Å². The van der Waals surface area contributed by atoms with Crippen LogP contribution in [0.3, 0.4) is 0 Å². The van der Waals surface area contributed by atoms with Crippen molar-refractivity contribution in [3.63, 3.8) is 0 Å². The molecule has 3 aliphatic heterocycles. The Hall–Kier alpha value is -3.39. The highest BCUT2D eigenvalue weighted by molar-refractivity contribution is 6.03. The maximum Gasteiger partial charge on any atom is 0.325 e. The number of hydrogen-bond acceptors (Lipinski definition) is 6. The van der Waals surface area contributed by atoms with Crippen molar-refractivity contribution in [2.75, 3.05) is 46.3 Å². The van der Waals surface area contributed by atoms with Gasteiger partial charge < -0.3 is 14.7 Å². The molecule has 8 heteroatoms. The number of benzene rings is 2. The van der Waals surface area contributed by atoms with Crippen molar-refractivity contribution < 1.29 is 9.59 Å². The summed E-state index contributed by atoms with van der Waals surface area (Å²) in [7, 11) is 1.71. The highest BCUT2D eigenvalue weighted by atomic mass is 16.2. The lowest BCUT2D eigenvalue weighted by Gasteiger charge is -2.40. The van der Waals surface area contributed by atoms with Crippen molar-refractivity contribution in [3.05, 3.63) is 71.8 Å². The van der Waals surface area contributed by atoms with E-state index in [1.165, 1.54) is 11.1 Å². The van der Waals surface area contributed by atoms with Gasteiger partial charge in [0.05, 0.1) is 0 Å². The standard InChI is InChI=1S/C26H32N6O2/c1-29-23-22(24(33)28-26(29)34)32(15-13-21-10-6-3-7-11-21)25(27-23)31-18-16-30(17-19-31)14-12-20-8-4-2-5-9-20/h2-11,22-23H,12-19H2,1H3,(H,28,33,34). The summed E-state index contributed by atoms with van der Waals surface area (Å²) in [4.78, 5) is 38.4. The van der Waals surface area contributed by atoms with Gasteiger partial charge in [-0.05, 0) is 24.0 Å². The molecular formula is C26H32N6O2. The first-order valence-corrected chi connectivity index (χ1v) is 12.1. The number of imide groups is 1. The second kappa shape index (κ2) is 9.85. The normalized spacial score (nSPS) is 23.1. The Bertz CT molecular complexity index is 1040. The van der Waals surface area contributed by atoms with E-state index in [9.17, 15) is 9.59 Å². The van der Waals surface area contributed by atoms with Crippen LogP contribution in [0.5, 0.6) is 0 Å². The van der Waals surface area contributed by atoms with Crippen LogP contribution in [-0.2, 0) is 17.6 Å². The second-order valence-corrected chi connectivity index (χ2v) is 9.19. The fraction of sp³-hybridized carbons (Fsp3) is 0.423. The Labute approximate surface area is 200 Å². The molecule has 0 aliphatic carbocycles. The molecule has 2 saturated heterocycles. The van der Waals surface area contributed by atoms with Gasteiger partial charge in [-0.2, -0.15) is 0 Å². The third-order valence-corrected chi connectivity index (χ3v) is 7.04. The third kappa shape index (κ3) is 4.63. The van der Waals surface area contributed by atoms with Crippen LogP contribution in [-0.4, -0.2) is 96.0 Å². The monoisotopic (exact) mass is 460 g/mol. The number of guanidine groups is 1. The minimum atomic E-state index is -0.488. The molecule has 0 aromatic heterocycles. The molecule has 1 N–H and O–H groups in total. The summed E-state index contributed by atoms with van der Waals surface area (Å²) < 4.78 is 0. The SMILES string of the molecule is CN1C(=O)NC(=O)C2C1N=C(N1CCN(CCc3ccccc3)CC1)N2CCc1ccccc1. The van der Waals surface area contributed by atoms with Gasteiger partial charge in [0.25, 0.3) is 5.91 Å². The summed E-state index contributed by atoms with van der Waals surface area (Å²) in [5, 5.41) is 2.50. The van der Waals surface area contributed by atoms with Crippen LogP contribution in [0.25, 0.3) is 0 Å². The molecule has 178 valence electrons. The fourth-order valence-corrected chi connectivity index (χ4v) is 5.01. The molecule has 3 aliphatic rings. The number of amides is 3. The lowest BCUT2D eigenvalue weighted by atomic mass is 10.1. The Kier molecular flexibility index (Phi) is 6.49. The molecule has 2 aromatic rings. The molecule has 2 fully saturated rings. The van der Waals surface area contributed by atoms with E-state index in [2.05, 4.69) is 62.5 Å². The smallest absolute Gasteiger partial charge is 0.325 e. The van der Waals surface area contributed by atoms with Crippen LogP contribution in [0.2, 0.25) is 0 Å². The predicted molar refractivity (Wildman–Crippen MR) is 131 cm³/mol. The number of likely N-dealkylation sites (N-methyl/N-ethyl adjacent to an activating group) is 1. The molecule has 0 saturated carbocycles. The van der Waals surface area contributed by atoms with E-state index in [0.717, 1.165) is 51.5 Å². The topological polar surface area (TPSA) is 71.5 Å². The molecule has 34 heavy (non-hydrogen) atoms. The van der Waals surface area contributed by atoms with Gasteiger partial charge in [-0.25, -0.2) is 9.79 Å². The Balaban J connectivity index is 1.27. The molecule has 2 unspecified atom stereocenters. The van der Waals surface area contributed by atoms with Gasteiger partial charge in [0.1, 0.15) is 0 Å². The number of urea groups is 1. The molecule has 0 bridgehead atoms. The first kappa shape index (κ1) is 22.4. The predicted octanol–water partition coefficient (Wildman–Crippen LogP) is 1.64. The summed E-state index contributed by atoms with van der Waals surface area (Å²) in [6.45, 7) is 5.33. The molecule has 2 atom stereocenters. The van der Waals surface area contributed by atoms with Crippen LogP contribution < -0.4 is 5.32 Å². The largest absolute Gasteiger partial charge is 0.340 e. The van der Waals surface area contributed by atoms with E-state index in [1.54, 1.807) is 11.9 Å². The van der Waals surface area contributed by atoms with E-state index in [0.29, 0.717) is 6.54 Å². The minimum Gasteiger partial charge on any atom is -0.340 e. The zero-order valence-corrected chi connectivity index (χ0v) is 19.6. The number of aliphatic imine (C=N–C) groups is 1. The van der Waals surface area contributed by atoms with E-state index >= 15 is 0 Å². The van der Waals surface area contributed by atoms with E-state index in [-0.39, 0.29) is 11.9 Å². The number of nitrogens with zero attached hydrogens (tertiary/aromatic N) is 5. The summed E-state index contributed by atoms with van der Waals surface area (Å²) in [5.41, 5.74) is 2.58. The van der Waals surface area contributed by atoms with E-state index in [4.69, 9.17) is 4.99 Å². The molecule has 8 nitrogen and oxygen atoms in total. The van der Waals surface area contributed by atoms with Gasteiger partial charge in [0.15, 0.2) is 18.2 Å². The first-order chi connectivity index (χ1) is 16.6. The van der Waals surface area contributed by atoms with Crippen LogP contribution in [0.15, 0.2) is 65.7 Å². The van der Waals surface area contributed by atoms with Crippen molar-refractivity contribution in [2.45, 2.75) is 25.0 Å². The van der Waals surface area contributed by atoms with Crippen molar-refractivity contribution in [2.24, 2.45) is 4.99 Å². The second-order valence-electron chi connectivity index (χ2n) is 9.19. The van der Waals surface area contributed by atoms with Gasteiger partial charge in [-0.3, -0.25) is 15.0 Å². The van der Waals surface area contributed by atoms with E-state index < -0.39 is 12.2 Å². The summed E-state index contributed by atoms with van der Waals surface area (Å²) in [5.74, 6) is 0.576. The van der Waals surface area contributed by atoms with Crippen molar-refractivity contribution in [3.8, 4) is 0 Å². The average molecular weight is 461 g/mol. The number of rotatable bonds is 6. The molecule has 3 heterocycles. The number of carbonyl (C=O) groups excluding carboxylic acids is 2. The lowest BCUT2D eigenvalue weighted by molar-refractivity contribution is -0.127. The highest BCUT2D eigenvalue weighted by Crippen LogP contribution is 2.26. The van der Waals surface area contributed by atoms with Crippen LogP contribution in [0.1, 0.15) is 11.1 Å². The van der Waals surface area contributed by atoms with Crippen LogP contribution in [0.4, 0.5) is 4.79 Å². The molecule has 5 rings (SSSR count). The Morgan fingerprint density at radius 1 is 0.853 bits per heavy atom. The average Bonchev–Trinajstić information content (AvgIpc) is 3.27. The van der Waals surface area contributed by atoms with Crippen molar-refractivity contribution in [1.82, 2.24) is 24.9 Å². The molecular weight excluding hydrogens is 428 g/mol. The first-order valence-electron chi connectivity index (χ1n) is 12.1. The number of fused-ring (bicyclic) bond motifs is 1. The van der Waals surface area contributed by atoms with Gasteiger partial charge >= 0.3 is 6.03 Å². The maximum atomic E-state index is 12.9. The number of nitrogens with one attached hydrogen (secondary N) is 1. The quantitative estimate of drug-likeness (QED) is 0.710. The fourth-order valence-electron chi connectivity index (χ4n) is 5.01. The highest BCUT2D eigenvalue weighted by Gasteiger charge is 2.49. The Morgan fingerprint density at radius 2 is 1.44 bits per heavy atom. The van der Waals surface area contributed by atoms with Gasteiger partial charge in [0.2, 0.25) is 0 Å². The van der Waals surface area contributed by atoms with Crippen LogP contribution in [0, 0.1) is 0 Å². The van der Waals surface area contributed by atoms with Crippen LogP contribution >= 0.6 is 0 Å². The summed E-state index contributed by atoms with van der Waals surface area (Å²) in [6.07, 6.45) is 1.37. The minimum absolute atomic E-state index is 0.263. The number of carbonyl (C=O) groups is 2. The Morgan fingerprint density at radius 3 is 2.06 bits per heavy atom. The molecule has 0 radical (unpaired) electrons. The molecule has 2 aromatic carbocycles. The van der Waals surface area contributed by atoms with Gasteiger partial charge in [-0.1, -0.05) is 60.7 Å². The molecule has 3 amide bonds. The zero-order chi connectivity index (χ0) is 23.5. The lowest BCUT2D eigenvalue weighted by Crippen LogP contribution is -2.64. The third-order valence-electron chi connectivity index (χ3n) is 7.04. The summed E-state index contributed by atoms with van der Waals surface area (Å²) >= 11 is 0. The van der Waals surface area contributed by atoms with Gasteiger partial charge in [-0.15, -0.1) is 0 Å². The zero-order valence-electron chi connectivity index (χ0n) is 19.6. The molecule has 0 spiro atoms. The van der Waals surface area contributed by atoms with E-state index in [1.807, 2.05) is 18.2 Å². The van der Waals surface area contributed by atoms with Crippen molar-refractivity contribution in [1.29, 1.82) is 0 Å². The number of hydrogen-bond donors (Lipinski definition) is 1. The number of piperazine rings is 1. The van der Waals surface area contributed by atoms with Gasteiger partial charge in [0, 0.05) is 46.3 Å². The maximum absolute atomic E-state index is 12.9.